The Bertz CT molecular complexity index is 523. The van der Waals surface area contributed by atoms with Crippen LogP contribution in [-0.4, -0.2) is 35.6 Å². The van der Waals surface area contributed by atoms with Gasteiger partial charge in [-0.15, -0.1) is 0 Å². The number of benzene rings is 1. The van der Waals surface area contributed by atoms with Crippen LogP contribution in [0.3, 0.4) is 0 Å². The van der Waals surface area contributed by atoms with Gasteiger partial charge in [-0.3, -0.25) is 9.79 Å². The molecule has 19 heavy (non-hydrogen) atoms. The molecule has 1 N–H and O–H groups in total. The predicted octanol–water partition coefficient (Wildman–Crippen LogP) is 1.48. The van der Waals surface area contributed by atoms with Crippen LogP contribution < -0.4 is 5.01 Å². The Morgan fingerprint density at radius 1 is 1.42 bits per heavy atom. The zero-order valence-electron chi connectivity index (χ0n) is 11.1. The van der Waals surface area contributed by atoms with Gasteiger partial charge in [0.25, 0.3) is 5.91 Å². The van der Waals surface area contributed by atoms with Crippen molar-refractivity contribution in [1.29, 1.82) is 0 Å². The average Bonchev–Trinajstić information content (AvgIpc) is 2.72. The summed E-state index contributed by atoms with van der Waals surface area (Å²) in [6, 6.07) is 9.32. The van der Waals surface area contributed by atoms with E-state index < -0.39 is 5.92 Å². The van der Waals surface area contributed by atoms with E-state index in [0.717, 1.165) is 11.4 Å². The minimum atomic E-state index is -0.410. The van der Waals surface area contributed by atoms with Crippen LogP contribution in [0.5, 0.6) is 0 Å². The van der Waals surface area contributed by atoms with Crippen LogP contribution in [0.25, 0.3) is 0 Å². The molecule has 1 atom stereocenters. The normalized spacial score (nSPS) is 19.8. The van der Waals surface area contributed by atoms with Gasteiger partial charge in [-0.2, -0.15) is 10.1 Å². The first-order valence-electron chi connectivity index (χ1n) is 6.21. The first kappa shape index (κ1) is 13.4. The van der Waals surface area contributed by atoms with Crippen LogP contribution in [0.1, 0.15) is 13.8 Å². The molecule has 1 aromatic carbocycles. The number of hydrazone groups is 1. The Morgan fingerprint density at radius 3 is 2.74 bits per heavy atom. The van der Waals surface area contributed by atoms with Crippen molar-refractivity contribution in [2.75, 3.05) is 18.2 Å². The number of aliphatic hydroxyl groups excluding tert-OH is 1. The van der Waals surface area contributed by atoms with E-state index in [1.165, 1.54) is 5.01 Å². The first-order chi connectivity index (χ1) is 9.15. The quantitative estimate of drug-likeness (QED) is 0.832. The van der Waals surface area contributed by atoms with E-state index in [1.54, 1.807) is 6.92 Å². The molecule has 0 aliphatic carbocycles. The highest BCUT2D eigenvalue weighted by molar-refractivity contribution is 6.27. The molecule has 1 aliphatic rings. The molecule has 0 fully saturated rings. The van der Waals surface area contributed by atoms with Gasteiger partial charge in [-0.1, -0.05) is 18.2 Å². The second-order valence-electron chi connectivity index (χ2n) is 4.41. The monoisotopic (exact) mass is 259 g/mol. The number of carbonyl (C=O) groups excluding carboxylic acids is 1. The van der Waals surface area contributed by atoms with E-state index in [1.807, 2.05) is 37.3 Å². The van der Waals surface area contributed by atoms with Crippen molar-refractivity contribution in [1.82, 2.24) is 0 Å². The maximum absolute atomic E-state index is 12.4. The maximum Gasteiger partial charge on any atom is 0.261 e. The van der Waals surface area contributed by atoms with Crippen LogP contribution in [0, 0.1) is 5.92 Å². The molecule has 0 saturated carbocycles. The SMILES string of the molecule is CC(=NCCO)[C@@H]1C(=O)N(c2ccccc2)N=C1C. The zero-order valence-corrected chi connectivity index (χ0v) is 11.1. The summed E-state index contributed by atoms with van der Waals surface area (Å²) in [5.74, 6) is -0.505. The summed E-state index contributed by atoms with van der Waals surface area (Å²) >= 11 is 0. The van der Waals surface area contributed by atoms with E-state index in [0.29, 0.717) is 12.3 Å². The number of hydrogen-bond donors (Lipinski definition) is 1. The minimum Gasteiger partial charge on any atom is -0.394 e. The summed E-state index contributed by atoms with van der Waals surface area (Å²) in [5, 5.41) is 14.5. The maximum atomic E-state index is 12.4. The van der Waals surface area contributed by atoms with Gasteiger partial charge in [0.2, 0.25) is 0 Å². The second kappa shape index (κ2) is 5.75. The van der Waals surface area contributed by atoms with Crippen molar-refractivity contribution < 1.29 is 9.90 Å². The Morgan fingerprint density at radius 2 is 2.11 bits per heavy atom. The number of anilines is 1. The lowest BCUT2D eigenvalue weighted by atomic mass is 9.99. The highest BCUT2D eigenvalue weighted by Gasteiger charge is 2.36. The summed E-state index contributed by atoms with van der Waals surface area (Å²) in [6.07, 6.45) is 0. The fourth-order valence-electron chi connectivity index (χ4n) is 2.12. The number of aliphatic imine (C=N–C) groups is 1. The number of amides is 1. The highest BCUT2D eigenvalue weighted by Crippen LogP contribution is 2.24. The van der Waals surface area contributed by atoms with E-state index in [9.17, 15) is 4.79 Å². The Balaban J connectivity index is 2.24. The fraction of sp³-hybridized carbons (Fsp3) is 0.357. The molecule has 5 nitrogen and oxygen atoms in total. The third-order valence-corrected chi connectivity index (χ3v) is 3.01. The Labute approximate surface area is 112 Å². The molecule has 5 heteroatoms. The molecule has 0 saturated heterocycles. The van der Waals surface area contributed by atoms with Gasteiger partial charge >= 0.3 is 0 Å². The predicted molar refractivity (Wildman–Crippen MR) is 75.6 cm³/mol. The van der Waals surface area contributed by atoms with Gasteiger partial charge < -0.3 is 5.11 Å². The number of para-hydroxylation sites is 1. The van der Waals surface area contributed by atoms with Gasteiger partial charge in [0.15, 0.2) is 0 Å². The molecule has 0 bridgehead atoms. The van der Waals surface area contributed by atoms with E-state index in [2.05, 4.69) is 10.1 Å². The average molecular weight is 259 g/mol. The fourth-order valence-corrected chi connectivity index (χ4v) is 2.12. The zero-order chi connectivity index (χ0) is 13.8. The number of rotatable bonds is 4. The van der Waals surface area contributed by atoms with E-state index in [4.69, 9.17) is 5.11 Å². The molecular formula is C14H17N3O2. The summed E-state index contributed by atoms with van der Waals surface area (Å²) in [7, 11) is 0. The van der Waals surface area contributed by atoms with Gasteiger partial charge in [-0.25, -0.2) is 0 Å². The highest BCUT2D eigenvalue weighted by atomic mass is 16.3. The molecule has 1 aromatic rings. The summed E-state index contributed by atoms with van der Waals surface area (Å²) in [6.45, 7) is 3.92. The van der Waals surface area contributed by atoms with E-state index in [-0.39, 0.29) is 12.5 Å². The van der Waals surface area contributed by atoms with Crippen LogP contribution in [0.15, 0.2) is 40.4 Å². The summed E-state index contributed by atoms with van der Waals surface area (Å²) < 4.78 is 0. The molecular weight excluding hydrogens is 242 g/mol. The van der Waals surface area contributed by atoms with Gasteiger partial charge in [0.1, 0.15) is 5.92 Å². The third-order valence-electron chi connectivity index (χ3n) is 3.01. The van der Waals surface area contributed by atoms with E-state index >= 15 is 0 Å². The van der Waals surface area contributed by atoms with Crippen LogP contribution in [0.2, 0.25) is 0 Å². The Hall–Kier alpha value is -2.01. The molecule has 0 radical (unpaired) electrons. The van der Waals surface area contributed by atoms with Crippen LogP contribution in [-0.2, 0) is 4.79 Å². The van der Waals surface area contributed by atoms with Crippen LogP contribution >= 0.6 is 0 Å². The Kier molecular flexibility index (Phi) is 4.06. The molecule has 100 valence electrons. The van der Waals surface area contributed by atoms with Crippen molar-refractivity contribution in [3.8, 4) is 0 Å². The minimum absolute atomic E-state index is 0.0170. The molecule has 0 aromatic heterocycles. The standard InChI is InChI=1S/C14H17N3O2/c1-10(15-8-9-18)13-11(2)16-17(14(13)19)12-6-4-3-5-7-12/h3-7,13,18H,8-9H2,1-2H3/t13-/m0/s1. The lowest BCUT2D eigenvalue weighted by Crippen LogP contribution is -2.31. The smallest absolute Gasteiger partial charge is 0.261 e. The van der Waals surface area contributed by atoms with Crippen molar-refractivity contribution in [2.45, 2.75) is 13.8 Å². The van der Waals surface area contributed by atoms with Gasteiger partial charge in [0, 0.05) is 5.71 Å². The lowest BCUT2D eigenvalue weighted by molar-refractivity contribution is -0.118. The van der Waals surface area contributed by atoms with Gasteiger partial charge in [0.05, 0.1) is 24.6 Å². The summed E-state index contributed by atoms with van der Waals surface area (Å²) in [4.78, 5) is 16.6. The lowest BCUT2D eigenvalue weighted by Gasteiger charge is -2.14. The topological polar surface area (TPSA) is 65.3 Å². The first-order valence-corrected chi connectivity index (χ1v) is 6.21. The molecule has 1 heterocycles. The van der Waals surface area contributed by atoms with Crippen molar-refractivity contribution in [2.24, 2.45) is 16.0 Å². The van der Waals surface area contributed by atoms with Gasteiger partial charge in [-0.05, 0) is 26.0 Å². The largest absolute Gasteiger partial charge is 0.394 e. The third kappa shape index (κ3) is 2.71. The number of nitrogens with zero attached hydrogens (tertiary/aromatic N) is 3. The summed E-state index contributed by atoms with van der Waals surface area (Å²) in [5.41, 5.74) is 2.18. The molecule has 0 unspecified atom stereocenters. The molecule has 0 spiro atoms. The molecule has 1 amide bonds. The number of carbonyl (C=O) groups is 1. The molecule has 2 rings (SSSR count). The van der Waals surface area contributed by atoms with Crippen LogP contribution in [0.4, 0.5) is 5.69 Å². The van der Waals surface area contributed by atoms with Crippen molar-refractivity contribution in [3.63, 3.8) is 0 Å². The van der Waals surface area contributed by atoms with Crippen molar-refractivity contribution >= 4 is 23.0 Å². The number of hydrogen-bond acceptors (Lipinski definition) is 4. The molecule has 1 aliphatic heterocycles. The second-order valence-corrected chi connectivity index (χ2v) is 4.41. The number of aliphatic hydroxyl groups is 1. The van der Waals surface area contributed by atoms with Crippen molar-refractivity contribution in [3.05, 3.63) is 30.3 Å².